The van der Waals surface area contributed by atoms with E-state index in [2.05, 4.69) is 29.8 Å². The molecule has 2 saturated heterocycles. The van der Waals surface area contributed by atoms with Crippen LogP contribution in [0.2, 0.25) is 0 Å². The summed E-state index contributed by atoms with van der Waals surface area (Å²) in [5.41, 5.74) is 1.86. The molecule has 4 rings (SSSR count). The monoisotopic (exact) mass is 539 g/mol. The number of benzene rings is 1. The molecule has 10 heteroatoms. The minimum absolute atomic E-state index is 0.0991. The van der Waals surface area contributed by atoms with E-state index in [1.807, 2.05) is 0 Å². The Morgan fingerprint density at radius 1 is 1.16 bits per heavy atom. The molecule has 194 valence electrons. The van der Waals surface area contributed by atoms with Crippen molar-refractivity contribution < 1.29 is 9.18 Å². The van der Waals surface area contributed by atoms with Gasteiger partial charge in [0.15, 0.2) is 0 Å². The van der Waals surface area contributed by atoms with Crippen molar-refractivity contribution in [3.63, 3.8) is 0 Å². The first-order valence-corrected chi connectivity index (χ1v) is 13.6. The SMILES string of the molecule is CCCCn1c(N2CCN(C)CC2)c(/C=C2/SC(=S)N(Cc3ccc(F)cc3)C2=O)c(C)c(C#N)c1=O. The van der Waals surface area contributed by atoms with E-state index in [1.54, 1.807) is 29.7 Å². The number of carbonyl (C=O) groups excluding carboxylic acids is 1. The number of rotatable bonds is 7. The van der Waals surface area contributed by atoms with E-state index in [-0.39, 0.29) is 29.4 Å². The largest absolute Gasteiger partial charge is 0.355 e. The van der Waals surface area contributed by atoms with Gasteiger partial charge in [-0.1, -0.05) is 49.5 Å². The van der Waals surface area contributed by atoms with Gasteiger partial charge in [0.1, 0.15) is 27.6 Å². The molecule has 37 heavy (non-hydrogen) atoms. The van der Waals surface area contributed by atoms with Crippen LogP contribution in [0.3, 0.4) is 0 Å². The maximum absolute atomic E-state index is 13.4. The fourth-order valence-corrected chi connectivity index (χ4v) is 5.80. The number of amides is 1. The van der Waals surface area contributed by atoms with Crippen molar-refractivity contribution in [2.24, 2.45) is 0 Å². The van der Waals surface area contributed by atoms with Crippen LogP contribution in [0.15, 0.2) is 34.0 Å². The average Bonchev–Trinajstić information content (AvgIpc) is 3.14. The summed E-state index contributed by atoms with van der Waals surface area (Å²) in [4.78, 5) is 33.2. The zero-order valence-electron chi connectivity index (χ0n) is 21.3. The number of unbranched alkanes of at least 4 members (excludes halogenated alkanes) is 1. The van der Waals surface area contributed by atoms with Crippen molar-refractivity contribution >= 4 is 46.1 Å². The highest BCUT2D eigenvalue weighted by Gasteiger charge is 2.33. The van der Waals surface area contributed by atoms with Crippen molar-refractivity contribution in [2.75, 3.05) is 38.1 Å². The highest BCUT2D eigenvalue weighted by atomic mass is 32.2. The molecule has 7 nitrogen and oxygen atoms in total. The molecule has 0 N–H and O–H groups in total. The molecule has 0 atom stereocenters. The molecule has 1 aromatic heterocycles. The number of piperazine rings is 1. The standard InChI is InChI=1S/C27H30FN5O2S2/c1-4-5-10-32-24(31-13-11-30(3)12-14-31)21(18(2)22(16-29)25(32)34)15-23-26(35)33(27(36)37-23)17-19-6-8-20(28)9-7-19/h6-9,15H,4-5,10-14,17H2,1-3H3/b23-15+. The van der Waals surface area contributed by atoms with Crippen LogP contribution in [-0.2, 0) is 17.9 Å². The van der Waals surface area contributed by atoms with Crippen molar-refractivity contribution in [3.8, 4) is 6.07 Å². The van der Waals surface area contributed by atoms with Crippen LogP contribution in [-0.4, -0.2) is 57.8 Å². The van der Waals surface area contributed by atoms with E-state index in [4.69, 9.17) is 12.2 Å². The Bertz CT molecular complexity index is 1340. The van der Waals surface area contributed by atoms with E-state index in [9.17, 15) is 19.2 Å². The molecule has 1 amide bonds. The lowest BCUT2D eigenvalue weighted by atomic mass is 10.0. The van der Waals surface area contributed by atoms with Crippen molar-refractivity contribution in [1.82, 2.24) is 14.4 Å². The van der Waals surface area contributed by atoms with Crippen molar-refractivity contribution in [3.05, 3.63) is 67.6 Å². The van der Waals surface area contributed by atoms with Crippen LogP contribution < -0.4 is 10.5 Å². The van der Waals surface area contributed by atoms with Gasteiger partial charge in [0.2, 0.25) is 0 Å². The molecule has 0 radical (unpaired) electrons. The van der Waals surface area contributed by atoms with E-state index < -0.39 is 0 Å². The molecular weight excluding hydrogens is 509 g/mol. The lowest BCUT2D eigenvalue weighted by Crippen LogP contribution is -2.47. The van der Waals surface area contributed by atoms with E-state index in [0.717, 1.165) is 50.4 Å². The third-order valence-corrected chi connectivity index (χ3v) is 8.17. The van der Waals surface area contributed by atoms with Crippen LogP contribution in [0.1, 0.15) is 42.0 Å². The third-order valence-electron chi connectivity index (χ3n) is 6.79. The maximum atomic E-state index is 13.4. The van der Waals surface area contributed by atoms with Gasteiger partial charge in [-0.25, -0.2) is 4.39 Å². The Hall–Kier alpha value is -3.00. The number of thiocarbonyl (C=S) groups is 1. The Balaban J connectivity index is 1.80. The molecular formula is C27H30FN5O2S2. The summed E-state index contributed by atoms with van der Waals surface area (Å²) in [5, 5.41) is 9.86. The molecule has 0 unspecified atom stereocenters. The average molecular weight is 540 g/mol. The molecule has 0 saturated carbocycles. The van der Waals surface area contributed by atoms with Crippen LogP contribution in [0.25, 0.3) is 6.08 Å². The minimum atomic E-state index is -0.340. The van der Waals surface area contributed by atoms with Crippen LogP contribution in [0, 0.1) is 24.1 Å². The summed E-state index contributed by atoms with van der Waals surface area (Å²) in [5.74, 6) is 0.173. The second kappa shape index (κ2) is 11.6. The number of nitrogens with zero attached hydrogens (tertiary/aromatic N) is 5. The molecule has 2 fully saturated rings. The summed E-state index contributed by atoms with van der Waals surface area (Å²) >= 11 is 6.72. The van der Waals surface area contributed by atoms with E-state index in [0.29, 0.717) is 26.9 Å². The van der Waals surface area contributed by atoms with Gasteiger partial charge >= 0.3 is 0 Å². The van der Waals surface area contributed by atoms with Gasteiger partial charge in [-0.3, -0.25) is 19.1 Å². The molecule has 2 aliphatic rings. The Kier molecular flexibility index (Phi) is 8.47. The first-order valence-electron chi connectivity index (χ1n) is 12.4. The van der Waals surface area contributed by atoms with E-state index in [1.165, 1.54) is 28.8 Å². The van der Waals surface area contributed by atoms with Crippen LogP contribution in [0.4, 0.5) is 10.2 Å². The maximum Gasteiger partial charge on any atom is 0.270 e. The second-order valence-electron chi connectivity index (χ2n) is 9.34. The Morgan fingerprint density at radius 3 is 2.46 bits per heavy atom. The molecule has 2 aromatic rings. The number of pyridine rings is 1. The summed E-state index contributed by atoms with van der Waals surface area (Å²) in [7, 11) is 2.07. The molecule has 0 bridgehead atoms. The second-order valence-corrected chi connectivity index (χ2v) is 11.0. The lowest BCUT2D eigenvalue weighted by molar-refractivity contribution is -0.122. The van der Waals surface area contributed by atoms with Gasteiger partial charge in [-0.15, -0.1) is 0 Å². The van der Waals surface area contributed by atoms with Gasteiger partial charge in [-0.2, -0.15) is 5.26 Å². The van der Waals surface area contributed by atoms with Gasteiger partial charge in [-0.05, 0) is 49.7 Å². The highest BCUT2D eigenvalue weighted by Crippen LogP contribution is 2.37. The van der Waals surface area contributed by atoms with Gasteiger partial charge in [0.25, 0.3) is 11.5 Å². The normalized spacial score (nSPS) is 17.6. The van der Waals surface area contributed by atoms with E-state index >= 15 is 0 Å². The number of thioether (sulfide) groups is 1. The third kappa shape index (κ3) is 5.64. The summed E-state index contributed by atoms with van der Waals surface area (Å²) in [6.45, 7) is 7.74. The Morgan fingerprint density at radius 2 is 1.84 bits per heavy atom. The van der Waals surface area contributed by atoms with Gasteiger partial charge in [0.05, 0.1) is 11.4 Å². The summed E-state index contributed by atoms with van der Waals surface area (Å²) in [6.07, 6.45) is 3.49. The molecule has 0 spiro atoms. The zero-order valence-corrected chi connectivity index (χ0v) is 22.9. The van der Waals surface area contributed by atoms with Crippen LogP contribution in [0.5, 0.6) is 0 Å². The number of aromatic nitrogens is 1. The fourth-order valence-electron chi connectivity index (χ4n) is 4.57. The van der Waals surface area contributed by atoms with Crippen molar-refractivity contribution in [2.45, 2.75) is 39.8 Å². The summed E-state index contributed by atoms with van der Waals surface area (Å²) in [6, 6.07) is 8.09. The molecule has 2 aliphatic heterocycles. The number of carbonyl (C=O) groups is 1. The number of hydrogen-bond acceptors (Lipinski definition) is 7. The topological polar surface area (TPSA) is 72.6 Å². The quantitative estimate of drug-likeness (QED) is 0.387. The predicted octanol–water partition coefficient (Wildman–Crippen LogP) is 4.12. The Labute approximate surface area is 226 Å². The first kappa shape index (κ1) is 27.0. The number of anilines is 1. The number of halogens is 1. The predicted molar refractivity (Wildman–Crippen MR) is 150 cm³/mol. The minimum Gasteiger partial charge on any atom is -0.355 e. The van der Waals surface area contributed by atoms with Crippen molar-refractivity contribution in [1.29, 1.82) is 5.26 Å². The lowest BCUT2D eigenvalue weighted by Gasteiger charge is -2.36. The van der Waals surface area contributed by atoms with Gasteiger partial charge < -0.3 is 9.80 Å². The highest BCUT2D eigenvalue weighted by molar-refractivity contribution is 8.26. The zero-order chi connectivity index (χ0) is 26.7. The van der Waals surface area contributed by atoms with Crippen LogP contribution >= 0.6 is 24.0 Å². The number of hydrogen-bond donors (Lipinski definition) is 0. The molecule has 1 aromatic carbocycles. The number of likely N-dealkylation sites (N-methyl/N-ethyl adjacent to an activating group) is 1. The fraction of sp³-hybridized carbons (Fsp3) is 0.407. The summed E-state index contributed by atoms with van der Waals surface area (Å²) < 4.78 is 15.5. The van der Waals surface area contributed by atoms with Gasteiger partial charge in [0, 0.05) is 38.3 Å². The first-order chi connectivity index (χ1) is 17.7. The smallest absolute Gasteiger partial charge is 0.270 e. The number of nitriles is 1. The molecule has 0 aliphatic carbocycles. The molecule has 3 heterocycles.